The number of esters is 1. The molecule has 0 heterocycles. The molecule has 98 valence electrons. The van der Waals surface area contributed by atoms with Gasteiger partial charge in [-0.1, -0.05) is 24.9 Å². The molecule has 0 aliphatic heterocycles. The summed E-state index contributed by atoms with van der Waals surface area (Å²) in [6.07, 6.45) is 3.56. The van der Waals surface area contributed by atoms with Crippen LogP contribution in [0.3, 0.4) is 0 Å². The lowest BCUT2D eigenvalue weighted by molar-refractivity contribution is -0.145. The normalized spacial score (nSPS) is 11.6. The predicted molar refractivity (Wildman–Crippen MR) is 66.6 cm³/mol. The van der Waals surface area contributed by atoms with Gasteiger partial charge in [-0.2, -0.15) is 0 Å². The number of nitrogens with one attached hydrogen (secondary N) is 1. The Morgan fingerprint density at radius 2 is 2.24 bits per heavy atom. The first-order valence-electron chi connectivity index (χ1n) is 6.17. The predicted octanol–water partition coefficient (Wildman–Crippen LogP) is 2.40. The van der Waals surface area contributed by atoms with Gasteiger partial charge < -0.3 is 10.1 Å². The van der Waals surface area contributed by atoms with E-state index in [-0.39, 0.29) is 12.0 Å². The fourth-order valence-corrected chi connectivity index (χ4v) is 1.43. The molecule has 0 saturated heterocycles. The molecule has 0 amide bonds. The standard InChI is InChI=1S/C11H22N4O2/c1-3-5-7-10(11(16)17-4-2)13-8-6-9-14-15-12/h10,13H,3-9H2,1-2H3. The van der Waals surface area contributed by atoms with Crippen molar-refractivity contribution >= 4 is 5.97 Å². The smallest absolute Gasteiger partial charge is 0.323 e. The molecule has 0 radical (unpaired) electrons. The number of nitrogens with zero attached hydrogens (tertiary/aromatic N) is 3. The summed E-state index contributed by atoms with van der Waals surface area (Å²) in [5.41, 5.74) is 8.11. The summed E-state index contributed by atoms with van der Waals surface area (Å²) in [7, 11) is 0. The van der Waals surface area contributed by atoms with Crippen LogP contribution in [0.25, 0.3) is 10.4 Å². The lowest BCUT2D eigenvalue weighted by atomic mass is 10.1. The van der Waals surface area contributed by atoms with Crippen molar-refractivity contribution < 1.29 is 9.53 Å². The highest BCUT2D eigenvalue weighted by Crippen LogP contribution is 2.03. The third-order valence-electron chi connectivity index (χ3n) is 2.31. The van der Waals surface area contributed by atoms with Crippen LogP contribution in [-0.2, 0) is 9.53 Å². The van der Waals surface area contributed by atoms with Gasteiger partial charge in [0.15, 0.2) is 0 Å². The van der Waals surface area contributed by atoms with Crippen LogP contribution in [0.5, 0.6) is 0 Å². The van der Waals surface area contributed by atoms with Gasteiger partial charge in [0, 0.05) is 11.5 Å². The summed E-state index contributed by atoms with van der Waals surface area (Å²) < 4.78 is 5.00. The average molecular weight is 242 g/mol. The summed E-state index contributed by atoms with van der Waals surface area (Å²) in [6, 6.07) is -0.235. The van der Waals surface area contributed by atoms with E-state index in [0.717, 1.165) is 25.7 Å². The number of azide groups is 1. The molecule has 0 aromatic rings. The first kappa shape index (κ1) is 15.7. The number of hydrogen-bond donors (Lipinski definition) is 1. The molecule has 6 heteroatoms. The van der Waals surface area contributed by atoms with Gasteiger partial charge in [0.25, 0.3) is 0 Å². The number of ether oxygens (including phenoxy) is 1. The van der Waals surface area contributed by atoms with Crippen LogP contribution in [-0.4, -0.2) is 31.7 Å². The SMILES string of the molecule is CCCCC(NCCCN=[N+]=[N-])C(=O)OCC. The van der Waals surface area contributed by atoms with Crippen molar-refractivity contribution in [2.75, 3.05) is 19.7 Å². The lowest BCUT2D eigenvalue weighted by Gasteiger charge is -2.16. The quantitative estimate of drug-likeness (QED) is 0.210. The van der Waals surface area contributed by atoms with E-state index >= 15 is 0 Å². The van der Waals surface area contributed by atoms with Crippen LogP contribution in [0.1, 0.15) is 39.5 Å². The maximum absolute atomic E-state index is 11.6. The van der Waals surface area contributed by atoms with Gasteiger partial charge in [-0.05, 0) is 31.8 Å². The van der Waals surface area contributed by atoms with Crippen molar-refractivity contribution in [2.45, 2.75) is 45.6 Å². The van der Waals surface area contributed by atoms with Crippen LogP contribution in [0.15, 0.2) is 5.11 Å². The van der Waals surface area contributed by atoms with E-state index in [1.165, 1.54) is 0 Å². The van der Waals surface area contributed by atoms with E-state index in [9.17, 15) is 4.79 Å². The van der Waals surface area contributed by atoms with Crippen molar-refractivity contribution in [2.24, 2.45) is 5.11 Å². The largest absolute Gasteiger partial charge is 0.465 e. The Hall–Kier alpha value is -1.26. The Balaban J connectivity index is 3.91. The highest BCUT2D eigenvalue weighted by molar-refractivity contribution is 5.75. The van der Waals surface area contributed by atoms with Gasteiger partial charge >= 0.3 is 5.97 Å². The maximum atomic E-state index is 11.6. The molecule has 0 rings (SSSR count). The van der Waals surface area contributed by atoms with E-state index < -0.39 is 0 Å². The Kier molecular flexibility index (Phi) is 10.4. The lowest BCUT2D eigenvalue weighted by Crippen LogP contribution is -2.38. The first-order valence-corrected chi connectivity index (χ1v) is 6.17. The van der Waals surface area contributed by atoms with Gasteiger partial charge in [-0.15, -0.1) is 0 Å². The minimum absolute atomic E-state index is 0.190. The molecular formula is C11H22N4O2. The fraction of sp³-hybridized carbons (Fsp3) is 0.909. The molecule has 0 aromatic carbocycles. The molecule has 1 N–H and O–H groups in total. The zero-order valence-corrected chi connectivity index (χ0v) is 10.7. The summed E-state index contributed by atoms with van der Waals surface area (Å²) >= 11 is 0. The topological polar surface area (TPSA) is 87.1 Å². The van der Waals surface area contributed by atoms with Gasteiger partial charge in [0.2, 0.25) is 0 Å². The van der Waals surface area contributed by atoms with Crippen molar-refractivity contribution in [1.29, 1.82) is 0 Å². The van der Waals surface area contributed by atoms with E-state index in [1.807, 2.05) is 0 Å². The Morgan fingerprint density at radius 3 is 2.82 bits per heavy atom. The summed E-state index contributed by atoms with van der Waals surface area (Å²) in [5.74, 6) is -0.190. The van der Waals surface area contributed by atoms with Gasteiger partial charge in [-0.25, -0.2) is 0 Å². The monoisotopic (exact) mass is 242 g/mol. The molecule has 0 aliphatic rings. The average Bonchev–Trinajstić information content (AvgIpc) is 2.33. The highest BCUT2D eigenvalue weighted by atomic mass is 16.5. The van der Waals surface area contributed by atoms with Crippen molar-refractivity contribution in [3.63, 3.8) is 0 Å². The zero-order chi connectivity index (χ0) is 12.9. The Labute approximate surface area is 102 Å². The number of carbonyl (C=O) groups excluding carboxylic acids is 1. The van der Waals surface area contributed by atoms with E-state index in [1.54, 1.807) is 6.92 Å². The van der Waals surface area contributed by atoms with Crippen molar-refractivity contribution in [1.82, 2.24) is 5.32 Å². The summed E-state index contributed by atoms with van der Waals surface area (Å²) in [5, 5.41) is 6.58. The van der Waals surface area contributed by atoms with Crippen LogP contribution in [0.2, 0.25) is 0 Å². The van der Waals surface area contributed by atoms with Crippen LogP contribution in [0.4, 0.5) is 0 Å². The highest BCUT2D eigenvalue weighted by Gasteiger charge is 2.17. The number of rotatable bonds is 10. The minimum atomic E-state index is -0.235. The molecule has 0 aliphatic carbocycles. The summed E-state index contributed by atoms with van der Waals surface area (Å²) in [6.45, 7) is 5.40. The van der Waals surface area contributed by atoms with Gasteiger partial charge in [-0.3, -0.25) is 4.79 Å². The van der Waals surface area contributed by atoms with Crippen LogP contribution >= 0.6 is 0 Å². The van der Waals surface area contributed by atoms with Crippen LogP contribution < -0.4 is 5.32 Å². The van der Waals surface area contributed by atoms with E-state index in [2.05, 4.69) is 22.3 Å². The molecule has 0 fully saturated rings. The van der Waals surface area contributed by atoms with Crippen LogP contribution in [0, 0.1) is 0 Å². The molecule has 0 aromatic heterocycles. The molecule has 0 bridgehead atoms. The Bertz CT molecular complexity index is 252. The minimum Gasteiger partial charge on any atom is -0.465 e. The molecule has 0 saturated carbocycles. The van der Waals surface area contributed by atoms with Gasteiger partial charge in [0.05, 0.1) is 6.61 Å². The number of unbranched alkanes of at least 4 members (excludes halogenated alkanes) is 1. The fourth-order valence-electron chi connectivity index (χ4n) is 1.43. The Morgan fingerprint density at radius 1 is 1.47 bits per heavy atom. The molecule has 0 spiro atoms. The molecule has 6 nitrogen and oxygen atoms in total. The second-order valence-electron chi connectivity index (χ2n) is 3.71. The molecule has 1 unspecified atom stereocenters. The molecule has 1 atom stereocenters. The summed E-state index contributed by atoms with van der Waals surface area (Å²) in [4.78, 5) is 14.3. The molecule has 17 heavy (non-hydrogen) atoms. The first-order chi connectivity index (χ1) is 8.26. The van der Waals surface area contributed by atoms with E-state index in [0.29, 0.717) is 19.7 Å². The maximum Gasteiger partial charge on any atom is 0.323 e. The third-order valence-corrected chi connectivity index (χ3v) is 2.31. The van der Waals surface area contributed by atoms with Crippen molar-refractivity contribution in [3.8, 4) is 0 Å². The zero-order valence-electron chi connectivity index (χ0n) is 10.7. The van der Waals surface area contributed by atoms with E-state index in [4.69, 9.17) is 10.3 Å². The number of hydrogen-bond acceptors (Lipinski definition) is 4. The molecular weight excluding hydrogens is 220 g/mol. The third kappa shape index (κ3) is 8.54. The number of carbonyl (C=O) groups is 1. The van der Waals surface area contributed by atoms with Crippen molar-refractivity contribution in [3.05, 3.63) is 10.4 Å². The second kappa shape index (κ2) is 11.2. The second-order valence-corrected chi connectivity index (χ2v) is 3.71. The van der Waals surface area contributed by atoms with Gasteiger partial charge in [0.1, 0.15) is 6.04 Å².